The van der Waals surface area contributed by atoms with E-state index in [-0.39, 0.29) is 30.2 Å². The van der Waals surface area contributed by atoms with Crippen LogP contribution in [0, 0.1) is 5.82 Å². The van der Waals surface area contributed by atoms with Gasteiger partial charge in [0, 0.05) is 31.9 Å². The van der Waals surface area contributed by atoms with Crippen LogP contribution in [0.4, 0.5) is 10.1 Å². The topological polar surface area (TPSA) is 64.7 Å². The Morgan fingerprint density at radius 1 is 0.931 bits per heavy atom. The largest absolute Gasteiger partial charge is 0.348 e. The average Bonchev–Trinajstić information content (AvgIpc) is 2.70. The fourth-order valence-electron chi connectivity index (χ4n) is 3.39. The summed E-state index contributed by atoms with van der Waals surface area (Å²) in [6.07, 6.45) is 0. The van der Waals surface area contributed by atoms with Crippen molar-refractivity contribution in [1.82, 2.24) is 15.1 Å². The van der Waals surface area contributed by atoms with Gasteiger partial charge in [-0.05, 0) is 30.7 Å². The molecule has 2 amide bonds. The minimum Gasteiger partial charge on any atom is -0.348 e. The van der Waals surface area contributed by atoms with Gasteiger partial charge in [-0.25, -0.2) is 4.39 Å². The van der Waals surface area contributed by atoms with E-state index in [2.05, 4.69) is 15.5 Å². The Hall–Kier alpha value is -2.77. The summed E-state index contributed by atoms with van der Waals surface area (Å²) < 4.78 is 13.2. The van der Waals surface area contributed by atoms with Gasteiger partial charge in [0.15, 0.2) is 0 Å². The highest BCUT2D eigenvalue weighted by Gasteiger charge is 2.21. The number of carbonyl (C=O) groups excluding carboxylic acids is 2. The maximum Gasteiger partial charge on any atom is 0.238 e. The molecule has 0 aromatic heterocycles. The molecule has 29 heavy (non-hydrogen) atoms. The molecule has 2 aromatic rings. The summed E-state index contributed by atoms with van der Waals surface area (Å²) in [5, 5.41) is 5.74. The highest BCUT2D eigenvalue weighted by molar-refractivity contribution is 5.92. The van der Waals surface area contributed by atoms with Crippen molar-refractivity contribution in [2.75, 3.05) is 44.6 Å². The number of benzene rings is 2. The average molecular weight is 398 g/mol. The summed E-state index contributed by atoms with van der Waals surface area (Å²) in [7, 11) is 0. The third-order valence-corrected chi connectivity index (χ3v) is 4.98. The second-order valence-corrected chi connectivity index (χ2v) is 7.31. The van der Waals surface area contributed by atoms with Crippen LogP contribution in [0.15, 0.2) is 54.6 Å². The van der Waals surface area contributed by atoms with E-state index in [9.17, 15) is 14.0 Å². The van der Waals surface area contributed by atoms with Crippen molar-refractivity contribution in [1.29, 1.82) is 0 Å². The van der Waals surface area contributed by atoms with E-state index in [1.807, 2.05) is 42.2 Å². The van der Waals surface area contributed by atoms with Gasteiger partial charge in [0.2, 0.25) is 11.8 Å². The molecule has 2 aromatic carbocycles. The van der Waals surface area contributed by atoms with Crippen LogP contribution in [-0.2, 0) is 9.59 Å². The normalized spacial score (nSPS) is 16.2. The van der Waals surface area contributed by atoms with Crippen LogP contribution in [0.5, 0.6) is 0 Å². The predicted molar refractivity (Wildman–Crippen MR) is 111 cm³/mol. The highest BCUT2D eigenvalue weighted by atomic mass is 19.1. The Balaban J connectivity index is 1.37. The number of amides is 2. The number of nitrogens with one attached hydrogen (secondary N) is 2. The number of anilines is 1. The number of rotatable bonds is 7. The molecule has 7 heteroatoms. The van der Waals surface area contributed by atoms with Crippen molar-refractivity contribution in [3.8, 4) is 0 Å². The SMILES string of the molecule is C[C@H](NC(=O)CN1CCN(CC(=O)Nc2cccc(F)c2)CC1)c1ccccc1. The first kappa shape index (κ1) is 21.0. The molecule has 1 aliphatic heterocycles. The zero-order valence-electron chi connectivity index (χ0n) is 16.6. The van der Waals surface area contributed by atoms with Gasteiger partial charge in [0.05, 0.1) is 19.1 Å². The molecule has 1 heterocycles. The van der Waals surface area contributed by atoms with E-state index in [0.717, 1.165) is 18.7 Å². The summed E-state index contributed by atoms with van der Waals surface area (Å²) in [5.41, 5.74) is 1.54. The summed E-state index contributed by atoms with van der Waals surface area (Å²) >= 11 is 0. The Kier molecular flexibility index (Phi) is 7.32. The fraction of sp³-hybridized carbons (Fsp3) is 0.364. The molecule has 1 saturated heterocycles. The van der Waals surface area contributed by atoms with E-state index in [4.69, 9.17) is 0 Å². The van der Waals surface area contributed by atoms with E-state index in [1.165, 1.54) is 12.1 Å². The number of nitrogens with zero attached hydrogens (tertiary/aromatic N) is 2. The smallest absolute Gasteiger partial charge is 0.238 e. The van der Waals surface area contributed by atoms with E-state index >= 15 is 0 Å². The molecule has 1 atom stereocenters. The van der Waals surface area contributed by atoms with Crippen molar-refractivity contribution in [3.05, 3.63) is 66.0 Å². The standard InChI is InChI=1S/C22H27FN4O2/c1-17(18-6-3-2-4-7-18)24-21(28)15-26-10-12-27(13-11-26)16-22(29)25-20-9-5-8-19(23)14-20/h2-9,14,17H,10-13,15-16H2,1H3,(H,24,28)(H,25,29)/t17-/m0/s1. The zero-order valence-corrected chi connectivity index (χ0v) is 16.6. The van der Waals surface area contributed by atoms with Gasteiger partial charge >= 0.3 is 0 Å². The third kappa shape index (κ3) is 6.66. The van der Waals surface area contributed by atoms with Crippen LogP contribution in [-0.4, -0.2) is 60.9 Å². The quantitative estimate of drug-likeness (QED) is 0.751. The number of hydrogen-bond donors (Lipinski definition) is 2. The summed E-state index contributed by atoms with van der Waals surface area (Å²) in [5.74, 6) is -0.548. The molecule has 1 fully saturated rings. The van der Waals surface area contributed by atoms with Crippen molar-refractivity contribution < 1.29 is 14.0 Å². The second kappa shape index (κ2) is 10.1. The molecule has 0 bridgehead atoms. The molecule has 6 nitrogen and oxygen atoms in total. The molecule has 0 spiro atoms. The predicted octanol–water partition coefficient (Wildman–Crippen LogP) is 2.26. The maximum atomic E-state index is 13.2. The molecule has 2 N–H and O–H groups in total. The zero-order chi connectivity index (χ0) is 20.6. The molecule has 0 aliphatic carbocycles. The Labute approximate surface area is 170 Å². The first-order valence-corrected chi connectivity index (χ1v) is 9.84. The van der Waals surface area contributed by atoms with Crippen molar-refractivity contribution in [2.45, 2.75) is 13.0 Å². The third-order valence-electron chi connectivity index (χ3n) is 4.98. The highest BCUT2D eigenvalue weighted by Crippen LogP contribution is 2.12. The molecule has 154 valence electrons. The van der Waals surface area contributed by atoms with Crippen LogP contribution in [0.25, 0.3) is 0 Å². The van der Waals surface area contributed by atoms with Gasteiger partial charge in [-0.3, -0.25) is 19.4 Å². The summed E-state index contributed by atoms with van der Waals surface area (Å²) in [4.78, 5) is 28.6. The number of carbonyl (C=O) groups is 2. The Morgan fingerprint density at radius 3 is 2.17 bits per heavy atom. The van der Waals surface area contributed by atoms with Gasteiger partial charge in [-0.15, -0.1) is 0 Å². The molecule has 3 rings (SSSR count). The van der Waals surface area contributed by atoms with Crippen LogP contribution in [0.1, 0.15) is 18.5 Å². The molecular weight excluding hydrogens is 371 g/mol. The van der Waals surface area contributed by atoms with Gasteiger partial charge in [0.1, 0.15) is 5.82 Å². The maximum absolute atomic E-state index is 13.2. The molecular formula is C22H27FN4O2. The minimum absolute atomic E-state index is 0.00125. The van der Waals surface area contributed by atoms with Gasteiger partial charge < -0.3 is 10.6 Å². The van der Waals surface area contributed by atoms with Crippen molar-refractivity contribution in [3.63, 3.8) is 0 Å². The Morgan fingerprint density at radius 2 is 1.55 bits per heavy atom. The number of hydrogen-bond acceptors (Lipinski definition) is 4. The van der Waals surface area contributed by atoms with Crippen LogP contribution in [0.3, 0.4) is 0 Å². The molecule has 0 radical (unpaired) electrons. The summed E-state index contributed by atoms with van der Waals surface area (Å²) in [6, 6.07) is 15.7. The number of halogens is 1. The van der Waals surface area contributed by atoms with E-state index in [0.29, 0.717) is 25.3 Å². The van der Waals surface area contributed by atoms with Crippen molar-refractivity contribution >= 4 is 17.5 Å². The molecule has 0 unspecified atom stereocenters. The number of piperazine rings is 1. The lowest BCUT2D eigenvalue weighted by Crippen LogP contribution is -2.51. The molecule has 1 aliphatic rings. The van der Waals surface area contributed by atoms with E-state index in [1.54, 1.807) is 12.1 Å². The molecule has 0 saturated carbocycles. The van der Waals surface area contributed by atoms with Gasteiger partial charge in [-0.1, -0.05) is 36.4 Å². The lowest BCUT2D eigenvalue weighted by Gasteiger charge is -2.34. The van der Waals surface area contributed by atoms with Crippen molar-refractivity contribution in [2.24, 2.45) is 0 Å². The monoisotopic (exact) mass is 398 g/mol. The van der Waals surface area contributed by atoms with Crippen LogP contribution >= 0.6 is 0 Å². The van der Waals surface area contributed by atoms with E-state index < -0.39 is 0 Å². The lowest BCUT2D eigenvalue weighted by atomic mass is 10.1. The van der Waals surface area contributed by atoms with Crippen LogP contribution in [0.2, 0.25) is 0 Å². The second-order valence-electron chi connectivity index (χ2n) is 7.31. The first-order chi connectivity index (χ1) is 14.0. The summed E-state index contributed by atoms with van der Waals surface area (Å²) in [6.45, 7) is 5.43. The fourth-order valence-corrected chi connectivity index (χ4v) is 3.39. The lowest BCUT2D eigenvalue weighted by molar-refractivity contribution is -0.124. The van der Waals surface area contributed by atoms with Gasteiger partial charge in [0.25, 0.3) is 0 Å². The Bertz CT molecular complexity index is 823. The minimum atomic E-state index is -0.378. The van der Waals surface area contributed by atoms with Gasteiger partial charge in [-0.2, -0.15) is 0 Å². The first-order valence-electron chi connectivity index (χ1n) is 9.84. The van der Waals surface area contributed by atoms with Crippen LogP contribution < -0.4 is 10.6 Å².